The molecule has 122 valence electrons. The molecule has 1 fully saturated rings. The summed E-state index contributed by atoms with van der Waals surface area (Å²) in [6, 6.07) is 10.2. The van der Waals surface area contributed by atoms with Gasteiger partial charge in [-0.05, 0) is 26.3 Å². The number of rotatable bonds is 5. The lowest BCUT2D eigenvalue weighted by Crippen LogP contribution is -2.45. The third-order valence-electron chi connectivity index (χ3n) is 4.10. The number of oxazole rings is 1. The zero-order valence-electron chi connectivity index (χ0n) is 13.5. The summed E-state index contributed by atoms with van der Waals surface area (Å²) in [6.07, 6.45) is 3.10. The first-order valence-corrected chi connectivity index (χ1v) is 8.24. The molecule has 3 rings (SSSR count). The van der Waals surface area contributed by atoms with Gasteiger partial charge in [-0.15, -0.1) is 0 Å². The smallest absolute Gasteiger partial charge is 0.220 e. The highest BCUT2D eigenvalue weighted by Crippen LogP contribution is 2.24. The number of carbonyl (C=O) groups is 1. The van der Waals surface area contributed by atoms with Crippen LogP contribution < -0.4 is 10.6 Å². The summed E-state index contributed by atoms with van der Waals surface area (Å²) in [5, 5.41) is 6.37. The van der Waals surface area contributed by atoms with Gasteiger partial charge in [0, 0.05) is 31.0 Å². The second-order valence-electron chi connectivity index (χ2n) is 6.00. The van der Waals surface area contributed by atoms with Gasteiger partial charge in [-0.3, -0.25) is 4.79 Å². The van der Waals surface area contributed by atoms with E-state index in [-0.39, 0.29) is 11.9 Å². The highest BCUT2D eigenvalue weighted by atomic mass is 16.4. The van der Waals surface area contributed by atoms with Crippen LogP contribution in [0, 0.1) is 6.92 Å². The van der Waals surface area contributed by atoms with Crippen molar-refractivity contribution in [3.05, 3.63) is 41.9 Å². The van der Waals surface area contributed by atoms with Crippen molar-refractivity contribution >= 4 is 5.91 Å². The molecule has 1 saturated heterocycles. The van der Waals surface area contributed by atoms with Crippen LogP contribution in [0.25, 0.3) is 11.3 Å². The number of carbonyl (C=O) groups excluding carboxylic acids is 1. The largest absolute Gasteiger partial charge is 0.440 e. The molecule has 0 saturated carbocycles. The fourth-order valence-corrected chi connectivity index (χ4v) is 2.91. The number of hydrogen-bond donors (Lipinski definition) is 2. The summed E-state index contributed by atoms with van der Waals surface area (Å²) in [6.45, 7) is 3.84. The van der Waals surface area contributed by atoms with Crippen LogP contribution in [0.4, 0.5) is 0 Å². The maximum absolute atomic E-state index is 12.0. The highest BCUT2D eigenvalue weighted by Gasteiger charge is 2.16. The van der Waals surface area contributed by atoms with Gasteiger partial charge in [-0.2, -0.15) is 0 Å². The van der Waals surface area contributed by atoms with E-state index in [0.29, 0.717) is 18.7 Å². The first-order valence-electron chi connectivity index (χ1n) is 8.24. The normalized spacial score (nSPS) is 17.9. The van der Waals surface area contributed by atoms with E-state index in [1.807, 2.05) is 37.3 Å². The maximum atomic E-state index is 12.0. The second-order valence-corrected chi connectivity index (χ2v) is 6.00. The van der Waals surface area contributed by atoms with Crippen molar-refractivity contribution in [1.82, 2.24) is 15.6 Å². The lowest BCUT2D eigenvalue weighted by atomic mass is 10.1. The van der Waals surface area contributed by atoms with Crippen molar-refractivity contribution in [3.63, 3.8) is 0 Å². The van der Waals surface area contributed by atoms with Crippen LogP contribution >= 0.6 is 0 Å². The van der Waals surface area contributed by atoms with Gasteiger partial charge in [0.1, 0.15) is 0 Å². The van der Waals surface area contributed by atoms with Crippen molar-refractivity contribution in [3.8, 4) is 11.3 Å². The number of hydrogen-bond acceptors (Lipinski definition) is 4. The molecule has 1 aliphatic rings. The predicted octanol–water partition coefficient (Wildman–Crippen LogP) is 2.45. The number of aryl methyl sites for hydroxylation is 2. The molecule has 0 unspecified atom stereocenters. The zero-order valence-corrected chi connectivity index (χ0v) is 13.5. The summed E-state index contributed by atoms with van der Waals surface area (Å²) in [5.74, 6) is 1.48. The number of nitrogens with one attached hydrogen (secondary N) is 2. The van der Waals surface area contributed by atoms with E-state index >= 15 is 0 Å². The van der Waals surface area contributed by atoms with Crippen LogP contribution in [0.1, 0.15) is 30.8 Å². The van der Waals surface area contributed by atoms with Crippen LogP contribution in [0.2, 0.25) is 0 Å². The topological polar surface area (TPSA) is 67.2 Å². The number of benzene rings is 1. The van der Waals surface area contributed by atoms with Crippen LogP contribution in [-0.2, 0) is 11.2 Å². The molecule has 2 aromatic rings. The molecule has 2 N–H and O–H groups in total. The molecule has 0 radical (unpaired) electrons. The fraction of sp³-hybridized carbons (Fsp3) is 0.444. The number of nitrogens with zero attached hydrogens (tertiary/aromatic N) is 1. The van der Waals surface area contributed by atoms with Crippen LogP contribution in [0.3, 0.4) is 0 Å². The summed E-state index contributed by atoms with van der Waals surface area (Å²) in [4.78, 5) is 16.5. The molecule has 5 heteroatoms. The quantitative estimate of drug-likeness (QED) is 0.890. The average molecular weight is 313 g/mol. The Kier molecular flexibility index (Phi) is 5.08. The molecule has 0 bridgehead atoms. The second kappa shape index (κ2) is 7.42. The Hall–Kier alpha value is -2.14. The monoisotopic (exact) mass is 313 g/mol. The minimum Gasteiger partial charge on any atom is -0.440 e. The lowest BCUT2D eigenvalue weighted by Gasteiger charge is -2.23. The Balaban J connectivity index is 1.55. The van der Waals surface area contributed by atoms with E-state index in [9.17, 15) is 4.79 Å². The number of aromatic nitrogens is 1. The van der Waals surface area contributed by atoms with Crippen molar-refractivity contribution < 1.29 is 9.21 Å². The van der Waals surface area contributed by atoms with E-state index in [1.165, 1.54) is 0 Å². The fourth-order valence-electron chi connectivity index (χ4n) is 2.91. The van der Waals surface area contributed by atoms with Crippen molar-refractivity contribution in [1.29, 1.82) is 0 Å². The summed E-state index contributed by atoms with van der Waals surface area (Å²) in [7, 11) is 0. The molecule has 5 nitrogen and oxygen atoms in total. The Morgan fingerprint density at radius 3 is 2.96 bits per heavy atom. The van der Waals surface area contributed by atoms with Gasteiger partial charge in [-0.25, -0.2) is 4.98 Å². The minimum absolute atomic E-state index is 0.0656. The third-order valence-corrected chi connectivity index (χ3v) is 4.10. The van der Waals surface area contributed by atoms with Crippen LogP contribution in [0.15, 0.2) is 34.7 Å². The minimum atomic E-state index is 0.0656. The van der Waals surface area contributed by atoms with Gasteiger partial charge in [0.15, 0.2) is 11.7 Å². The van der Waals surface area contributed by atoms with Crippen LogP contribution in [0.5, 0.6) is 0 Å². The van der Waals surface area contributed by atoms with Gasteiger partial charge < -0.3 is 15.1 Å². The standard InChI is InChI=1S/C18H23N3O2/c1-13-18(14-6-3-2-4-7-14)23-17(20-13)10-9-16(22)21-15-8-5-11-19-12-15/h2-4,6-7,15,19H,5,8-12H2,1H3,(H,21,22)/t15-/m0/s1. The van der Waals surface area contributed by atoms with Crippen molar-refractivity contribution in [2.24, 2.45) is 0 Å². The lowest BCUT2D eigenvalue weighted by molar-refractivity contribution is -0.121. The van der Waals surface area contributed by atoms with E-state index in [1.54, 1.807) is 0 Å². The summed E-state index contributed by atoms with van der Waals surface area (Å²) < 4.78 is 5.84. The Morgan fingerprint density at radius 1 is 1.39 bits per heavy atom. The first kappa shape index (κ1) is 15.7. The van der Waals surface area contributed by atoms with Crippen molar-refractivity contribution in [2.45, 2.75) is 38.6 Å². The molecular formula is C18H23N3O2. The zero-order chi connectivity index (χ0) is 16.1. The van der Waals surface area contributed by atoms with Gasteiger partial charge in [-0.1, -0.05) is 30.3 Å². The SMILES string of the molecule is Cc1nc(CCC(=O)N[C@H]2CCCNC2)oc1-c1ccccc1. The Bertz CT molecular complexity index is 646. The van der Waals surface area contributed by atoms with Gasteiger partial charge in [0.25, 0.3) is 0 Å². The molecule has 1 atom stereocenters. The molecule has 0 spiro atoms. The van der Waals surface area contributed by atoms with Crippen LogP contribution in [-0.4, -0.2) is 30.0 Å². The Morgan fingerprint density at radius 2 is 2.22 bits per heavy atom. The van der Waals surface area contributed by atoms with Gasteiger partial charge in [0.2, 0.25) is 5.91 Å². The molecule has 1 amide bonds. The summed E-state index contributed by atoms with van der Waals surface area (Å²) in [5.41, 5.74) is 1.88. The predicted molar refractivity (Wildman–Crippen MR) is 89.0 cm³/mol. The molecule has 0 aliphatic carbocycles. The van der Waals surface area contributed by atoms with Crippen molar-refractivity contribution in [2.75, 3.05) is 13.1 Å². The average Bonchev–Trinajstić information content (AvgIpc) is 2.96. The molecule has 1 aromatic heterocycles. The summed E-state index contributed by atoms with van der Waals surface area (Å²) >= 11 is 0. The third kappa shape index (κ3) is 4.20. The molecule has 2 heterocycles. The number of amides is 1. The van der Waals surface area contributed by atoms with E-state index in [2.05, 4.69) is 15.6 Å². The highest BCUT2D eigenvalue weighted by molar-refractivity contribution is 5.76. The van der Waals surface area contributed by atoms with Gasteiger partial charge >= 0.3 is 0 Å². The maximum Gasteiger partial charge on any atom is 0.220 e. The number of piperidine rings is 1. The Labute approximate surface area is 136 Å². The van der Waals surface area contributed by atoms with E-state index in [0.717, 1.165) is 42.9 Å². The van der Waals surface area contributed by atoms with E-state index in [4.69, 9.17) is 4.42 Å². The molecule has 23 heavy (non-hydrogen) atoms. The van der Waals surface area contributed by atoms with Gasteiger partial charge in [0.05, 0.1) is 5.69 Å². The first-order chi connectivity index (χ1) is 11.2. The van der Waals surface area contributed by atoms with E-state index < -0.39 is 0 Å². The molecule has 1 aromatic carbocycles. The molecular weight excluding hydrogens is 290 g/mol. The molecule has 1 aliphatic heterocycles.